The van der Waals surface area contributed by atoms with Gasteiger partial charge in [-0.25, -0.2) is 0 Å². The van der Waals surface area contributed by atoms with Gasteiger partial charge in [-0.05, 0) is 24.6 Å². The lowest BCUT2D eigenvalue weighted by Gasteiger charge is -2.01. The quantitative estimate of drug-likeness (QED) is 0.587. The van der Waals surface area contributed by atoms with Crippen LogP contribution >= 0.6 is 11.8 Å². The fraction of sp³-hybridized carbons (Fsp3) is 0.273. The van der Waals surface area contributed by atoms with Gasteiger partial charge < -0.3 is 5.73 Å². The third-order valence-electron chi connectivity index (χ3n) is 1.60. The van der Waals surface area contributed by atoms with Gasteiger partial charge in [0.15, 0.2) is 0 Å². The van der Waals surface area contributed by atoms with Crippen LogP contribution in [0.25, 0.3) is 0 Å². The lowest BCUT2D eigenvalue weighted by Crippen LogP contribution is -1.86. The van der Waals surface area contributed by atoms with Crippen LogP contribution in [0.1, 0.15) is 12.5 Å². The molecule has 0 fully saturated rings. The summed E-state index contributed by atoms with van der Waals surface area (Å²) in [6.07, 6.45) is 0. The van der Waals surface area contributed by atoms with E-state index in [9.17, 15) is 0 Å². The lowest BCUT2D eigenvalue weighted by molar-refractivity contribution is 1.38. The molecule has 0 atom stereocenters. The molecule has 70 valence electrons. The molecule has 0 aliphatic carbocycles. The molecule has 0 amide bonds. The van der Waals surface area contributed by atoms with Gasteiger partial charge in [0.05, 0.1) is 0 Å². The van der Waals surface area contributed by atoms with E-state index in [0.717, 1.165) is 17.2 Å². The Morgan fingerprint density at radius 2 is 2.00 bits per heavy atom. The average Bonchev–Trinajstić information content (AvgIpc) is 2.08. The van der Waals surface area contributed by atoms with Gasteiger partial charge >= 0.3 is 0 Å². The van der Waals surface area contributed by atoms with Crippen LogP contribution in [0.5, 0.6) is 0 Å². The highest BCUT2D eigenvalue weighted by molar-refractivity contribution is 7.98. The summed E-state index contributed by atoms with van der Waals surface area (Å²) < 4.78 is 0. The number of hydrogen-bond donors (Lipinski definition) is 1. The molecule has 2 heteroatoms. The van der Waals surface area contributed by atoms with Crippen molar-refractivity contribution in [1.82, 2.24) is 0 Å². The number of nitrogens with two attached hydrogens (primary N) is 1. The van der Waals surface area contributed by atoms with E-state index in [1.54, 1.807) is 0 Å². The molecular formula is C11H15NS. The predicted molar refractivity (Wildman–Crippen MR) is 61.8 cm³/mol. The topological polar surface area (TPSA) is 26.0 Å². The molecule has 0 unspecified atom stereocenters. The predicted octanol–water partition coefficient (Wildman–Crippen LogP) is 3.08. The van der Waals surface area contributed by atoms with E-state index >= 15 is 0 Å². The lowest BCUT2D eigenvalue weighted by atomic mass is 10.2. The number of rotatable bonds is 4. The highest BCUT2D eigenvalue weighted by Crippen LogP contribution is 2.15. The van der Waals surface area contributed by atoms with Crippen LogP contribution in [0, 0.1) is 0 Å². The molecule has 13 heavy (non-hydrogen) atoms. The summed E-state index contributed by atoms with van der Waals surface area (Å²) in [6.45, 7) is 5.91. The molecule has 0 radical (unpaired) electrons. The van der Waals surface area contributed by atoms with Crippen LogP contribution in [0.15, 0.2) is 36.4 Å². The second-order valence-electron chi connectivity index (χ2n) is 3.19. The second kappa shape index (κ2) is 4.97. The zero-order valence-corrected chi connectivity index (χ0v) is 8.73. The van der Waals surface area contributed by atoms with Gasteiger partial charge in [0, 0.05) is 17.2 Å². The standard InChI is InChI=1S/C11H15NS/c1-9(2)7-13-8-10-3-5-11(12)6-4-10/h3-6H,1,7-8,12H2,2H3. The maximum Gasteiger partial charge on any atom is 0.0314 e. The fourth-order valence-corrected chi connectivity index (χ4v) is 1.84. The van der Waals surface area contributed by atoms with Gasteiger partial charge in [-0.3, -0.25) is 0 Å². The number of nitrogen functional groups attached to an aromatic ring is 1. The Balaban J connectivity index is 2.37. The second-order valence-corrected chi connectivity index (χ2v) is 4.18. The van der Waals surface area contributed by atoms with Gasteiger partial charge in [-0.15, -0.1) is 0 Å². The highest BCUT2D eigenvalue weighted by atomic mass is 32.2. The van der Waals surface area contributed by atoms with Gasteiger partial charge in [0.25, 0.3) is 0 Å². The Labute approximate surface area is 84.0 Å². The summed E-state index contributed by atoms with van der Waals surface area (Å²) in [5.41, 5.74) is 8.95. The van der Waals surface area contributed by atoms with E-state index in [1.165, 1.54) is 11.1 Å². The first-order valence-corrected chi connectivity index (χ1v) is 5.40. The van der Waals surface area contributed by atoms with Crippen molar-refractivity contribution in [3.8, 4) is 0 Å². The van der Waals surface area contributed by atoms with Gasteiger partial charge in [0.1, 0.15) is 0 Å². The van der Waals surface area contributed by atoms with Crippen LogP contribution in [-0.4, -0.2) is 5.75 Å². The number of thioether (sulfide) groups is 1. The summed E-state index contributed by atoms with van der Waals surface area (Å²) in [6, 6.07) is 8.02. The van der Waals surface area contributed by atoms with E-state index in [1.807, 2.05) is 23.9 Å². The summed E-state index contributed by atoms with van der Waals surface area (Å²) in [5, 5.41) is 0. The maximum atomic E-state index is 5.58. The Morgan fingerprint density at radius 3 is 2.54 bits per heavy atom. The fourth-order valence-electron chi connectivity index (χ4n) is 0.957. The Bertz CT molecular complexity index is 277. The molecule has 0 spiro atoms. The van der Waals surface area contributed by atoms with Crippen molar-refractivity contribution in [1.29, 1.82) is 0 Å². The Morgan fingerprint density at radius 1 is 1.38 bits per heavy atom. The summed E-state index contributed by atoms with van der Waals surface area (Å²) in [7, 11) is 0. The van der Waals surface area contributed by atoms with Crippen molar-refractivity contribution in [2.45, 2.75) is 12.7 Å². The molecule has 2 N–H and O–H groups in total. The van der Waals surface area contributed by atoms with Crippen LogP contribution in [0.2, 0.25) is 0 Å². The van der Waals surface area contributed by atoms with Crippen molar-refractivity contribution in [3.63, 3.8) is 0 Å². The minimum absolute atomic E-state index is 0.827. The molecule has 0 aliphatic heterocycles. The monoisotopic (exact) mass is 193 g/mol. The van der Waals surface area contributed by atoms with Crippen molar-refractivity contribution >= 4 is 17.4 Å². The molecule has 0 heterocycles. The van der Waals surface area contributed by atoms with Crippen LogP contribution < -0.4 is 5.73 Å². The normalized spacial score (nSPS) is 9.92. The van der Waals surface area contributed by atoms with Crippen molar-refractivity contribution in [2.24, 2.45) is 0 Å². The van der Waals surface area contributed by atoms with Crippen molar-refractivity contribution < 1.29 is 0 Å². The zero-order valence-electron chi connectivity index (χ0n) is 7.92. The molecule has 0 saturated carbocycles. The Kier molecular flexibility index (Phi) is 3.90. The van der Waals surface area contributed by atoms with E-state index in [0.29, 0.717) is 0 Å². The van der Waals surface area contributed by atoms with Gasteiger partial charge in [-0.2, -0.15) is 11.8 Å². The maximum absolute atomic E-state index is 5.58. The SMILES string of the molecule is C=C(C)CSCc1ccc(N)cc1. The summed E-state index contributed by atoms with van der Waals surface area (Å²) in [5.74, 6) is 2.07. The summed E-state index contributed by atoms with van der Waals surface area (Å²) in [4.78, 5) is 0. The third kappa shape index (κ3) is 4.04. The molecule has 0 saturated heterocycles. The number of anilines is 1. The Hall–Kier alpha value is -0.890. The molecule has 0 bridgehead atoms. The minimum atomic E-state index is 0.827. The molecule has 0 aromatic heterocycles. The van der Waals surface area contributed by atoms with E-state index in [4.69, 9.17) is 5.73 Å². The van der Waals surface area contributed by atoms with Gasteiger partial charge in [-0.1, -0.05) is 24.3 Å². The van der Waals surface area contributed by atoms with E-state index < -0.39 is 0 Å². The first kappa shape index (κ1) is 10.2. The first-order valence-electron chi connectivity index (χ1n) is 4.25. The highest BCUT2D eigenvalue weighted by Gasteiger charge is 1.93. The molecular weight excluding hydrogens is 178 g/mol. The molecule has 1 rings (SSSR count). The number of hydrogen-bond acceptors (Lipinski definition) is 2. The smallest absolute Gasteiger partial charge is 0.0314 e. The average molecular weight is 193 g/mol. The van der Waals surface area contributed by atoms with Crippen LogP contribution in [-0.2, 0) is 5.75 Å². The van der Waals surface area contributed by atoms with Crippen molar-refractivity contribution in [3.05, 3.63) is 42.0 Å². The minimum Gasteiger partial charge on any atom is -0.399 e. The third-order valence-corrected chi connectivity index (χ3v) is 2.83. The van der Waals surface area contributed by atoms with Gasteiger partial charge in [0.2, 0.25) is 0 Å². The summed E-state index contributed by atoms with van der Waals surface area (Å²) >= 11 is 1.88. The molecule has 0 aliphatic rings. The van der Waals surface area contributed by atoms with Crippen LogP contribution in [0.4, 0.5) is 5.69 Å². The van der Waals surface area contributed by atoms with Crippen molar-refractivity contribution in [2.75, 3.05) is 11.5 Å². The van der Waals surface area contributed by atoms with Crippen LogP contribution in [0.3, 0.4) is 0 Å². The zero-order chi connectivity index (χ0) is 9.68. The number of benzene rings is 1. The molecule has 1 nitrogen and oxygen atoms in total. The molecule has 1 aromatic rings. The van der Waals surface area contributed by atoms with E-state index in [-0.39, 0.29) is 0 Å². The first-order chi connectivity index (χ1) is 6.18. The largest absolute Gasteiger partial charge is 0.399 e. The molecule has 1 aromatic carbocycles. The van der Waals surface area contributed by atoms with E-state index in [2.05, 4.69) is 25.6 Å².